The van der Waals surface area contributed by atoms with E-state index in [0.717, 1.165) is 0 Å². The molecule has 3 N–H and O–H groups in total. The van der Waals surface area contributed by atoms with Crippen LogP contribution in [-0.2, 0) is 4.74 Å². The van der Waals surface area contributed by atoms with E-state index in [1.165, 1.54) is 4.90 Å². The molecule has 134 valence electrons. The Morgan fingerprint density at radius 1 is 1.23 bits per heavy atom. The van der Waals surface area contributed by atoms with E-state index in [9.17, 15) is 9.59 Å². The highest BCUT2D eigenvalue weighted by molar-refractivity contribution is 5.98. The van der Waals surface area contributed by atoms with Gasteiger partial charge in [-0.2, -0.15) is 0 Å². The fraction of sp³-hybridized carbons (Fsp3) is 0.211. The summed E-state index contributed by atoms with van der Waals surface area (Å²) in [6.07, 6.45) is -0.905. The maximum absolute atomic E-state index is 12.4. The summed E-state index contributed by atoms with van der Waals surface area (Å²) >= 11 is 0. The molecule has 0 spiro atoms. The smallest absolute Gasteiger partial charge is 0.414 e. The first-order valence-corrected chi connectivity index (χ1v) is 8.19. The summed E-state index contributed by atoms with van der Waals surface area (Å²) in [6.45, 7) is 0.620. The quantitative estimate of drug-likeness (QED) is 0.635. The second-order valence-electron chi connectivity index (χ2n) is 6.13. The number of likely N-dealkylation sites (N-methyl/N-ethyl adjacent to an activating group) is 1. The number of ether oxygens (including phenoxy) is 1. The molecule has 7 nitrogen and oxygen atoms in total. The summed E-state index contributed by atoms with van der Waals surface area (Å²) in [5.74, 6) is -0.192. The van der Waals surface area contributed by atoms with Crippen molar-refractivity contribution in [3.05, 3.63) is 65.7 Å². The number of hydrogen-bond acceptors (Lipinski definition) is 4. The Morgan fingerprint density at radius 2 is 1.92 bits per heavy atom. The molecule has 0 saturated carbocycles. The predicted molar refractivity (Wildman–Crippen MR) is 98.5 cm³/mol. The van der Waals surface area contributed by atoms with Crippen LogP contribution in [0.15, 0.2) is 54.6 Å². The number of nitrogens with two attached hydrogens (primary N) is 1. The number of hydrogen-bond donors (Lipinski definition) is 2. The molecule has 0 radical (unpaired) electrons. The first kappa shape index (κ1) is 17.5. The van der Waals surface area contributed by atoms with Crippen LogP contribution in [0.2, 0.25) is 0 Å². The average Bonchev–Trinajstić information content (AvgIpc) is 3.02. The largest absolute Gasteiger partial charge is 0.442 e. The lowest BCUT2D eigenvalue weighted by Crippen LogP contribution is -2.36. The molecule has 1 heterocycles. The van der Waals surface area contributed by atoms with Crippen LogP contribution in [0, 0.1) is 5.41 Å². The van der Waals surface area contributed by atoms with Crippen molar-refractivity contribution in [2.75, 3.05) is 25.0 Å². The number of cyclic esters (lactones) is 1. The van der Waals surface area contributed by atoms with Gasteiger partial charge in [-0.15, -0.1) is 0 Å². The van der Waals surface area contributed by atoms with Gasteiger partial charge in [0.05, 0.1) is 13.1 Å². The molecule has 7 heteroatoms. The van der Waals surface area contributed by atoms with E-state index in [1.54, 1.807) is 60.5 Å². The Kier molecular flexibility index (Phi) is 4.88. The topological polar surface area (TPSA) is 99.7 Å². The van der Waals surface area contributed by atoms with Crippen molar-refractivity contribution in [2.24, 2.45) is 5.73 Å². The van der Waals surface area contributed by atoms with Gasteiger partial charge in [-0.1, -0.05) is 30.3 Å². The van der Waals surface area contributed by atoms with Gasteiger partial charge in [0.2, 0.25) is 0 Å². The van der Waals surface area contributed by atoms with Gasteiger partial charge in [0.15, 0.2) is 0 Å². The van der Waals surface area contributed by atoms with Crippen molar-refractivity contribution < 1.29 is 14.3 Å². The lowest BCUT2D eigenvalue weighted by Gasteiger charge is -2.20. The number of nitrogens with one attached hydrogen (secondary N) is 1. The third-order valence-electron chi connectivity index (χ3n) is 4.19. The van der Waals surface area contributed by atoms with E-state index in [1.807, 2.05) is 6.07 Å². The first-order chi connectivity index (χ1) is 12.5. The van der Waals surface area contributed by atoms with E-state index >= 15 is 0 Å². The zero-order valence-corrected chi connectivity index (χ0v) is 14.4. The molecule has 1 aliphatic heterocycles. The zero-order chi connectivity index (χ0) is 18.7. The number of rotatable bonds is 5. The van der Waals surface area contributed by atoms with Crippen molar-refractivity contribution in [3.63, 3.8) is 0 Å². The highest BCUT2D eigenvalue weighted by atomic mass is 16.6. The van der Waals surface area contributed by atoms with Crippen LogP contribution in [0.1, 0.15) is 15.9 Å². The van der Waals surface area contributed by atoms with E-state index in [2.05, 4.69) is 0 Å². The van der Waals surface area contributed by atoms with E-state index in [4.69, 9.17) is 15.9 Å². The molecule has 26 heavy (non-hydrogen) atoms. The number of benzene rings is 2. The normalized spacial score (nSPS) is 16.3. The maximum atomic E-state index is 12.4. The molecule has 1 atom stereocenters. The summed E-state index contributed by atoms with van der Waals surface area (Å²) in [7, 11) is 1.68. The Labute approximate surface area is 151 Å². The van der Waals surface area contributed by atoms with E-state index in [0.29, 0.717) is 29.9 Å². The molecular formula is C19H20N4O3. The monoisotopic (exact) mass is 352 g/mol. The van der Waals surface area contributed by atoms with Gasteiger partial charge in [-0.05, 0) is 24.3 Å². The summed E-state index contributed by atoms with van der Waals surface area (Å²) < 4.78 is 5.39. The Bertz CT molecular complexity index is 838. The molecule has 1 aliphatic rings. The number of anilines is 1. The molecule has 1 unspecified atom stereocenters. The molecule has 2 aromatic rings. The lowest BCUT2D eigenvalue weighted by molar-refractivity contribution is 0.0694. The molecule has 3 rings (SSSR count). The van der Waals surface area contributed by atoms with E-state index < -0.39 is 12.2 Å². The Morgan fingerprint density at radius 3 is 2.62 bits per heavy atom. The van der Waals surface area contributed by atoms with Crippen molar-refractivity contribution >= 4 is 23.5 Å². The molecule has 0 aromatic heterocycles. The highest BCUT2D eigenvalue weighted by Gasteiger charge is 2.34. The maximum Gasteiger partial charge on any atom is 0.414 e. The summed E-state index contributed by atoms with van der Waals surface area (Å²) in [5, 5.41) is 7.51. The second kappa shape index (κ2) is 7.26. The predicted octanol–water partition coefficient (Wildman–Crippen LogP) is 2.07. The van der Waals surface area contributed by atoms with Crippen LogP contribution >= 0.6 is 0 Å². The van der Waals surface area contributed by atoms with Crippen LogP contribution < -0.4 is 10.6 Å². The third-order valence-corrected chi connectivity index (χ3v) is 4.19. The number of amides is 2. The van der Waals surface area contributed by atoms with Crippen molar-refractivity contribution in [2.45, 2.75) is 6.10 Å². The van der Waals surface area contributed by atoms with Gasteiger partial charge < -0.3 is 15.4 Å². The van der Waals surface area contributed by atoms with Crippen LogP contribution in [0.3, 0.4) is 0 Å². The highest BCUT2D eigenvalue weighted by Crippen LogP contribution is 2.23. The molecule has 0 aliphatic carbocycles. The number of amidine groups is 1. The van der Waals surface area contributed by atoms with Gasteiger partial charge >= 0.3 is 6.09 Å². The lowest BCUT2D eigenvalue weighted by atomic mass is 10.1. The van der Waals surface area contributed by atoms with Crippen LogP contribution in [0.5, 0.6) is 0 Å². The van der Waals surface area contributed by atoms with Crippen LogP contribution in [0.25, 0.3) is 0 Å². The van der Waals surface area contributed by atoms with Crippen molar-refractivity contribution in [3.8, 4) is 0 Å². The summed E-state index contributed by atoms with van der Waals surface area (Å²) in [5.41, 5.74) is 7.24. The van der Waals surface area contributed by atoms with Gasteiger partial charge in [0.25, 0.3) is 5.91 Å². The molecule has 1 fully saturated rings. The number of nitrogens with zero attached hydrogens (tertiary/aromatic N) is 2. The molecular weight excluding hydrogens is 332 g/mol. The number of carbonyl (C=O) groups excluding carboxylic acids is 2. The van der Waals surface area contributed by atoms with Gasteiger partial charge in [-0.25, -0.2) is 4.79 Å². The fourth-order valence-electron chi connectivity index (χ4n) is 2.86. The molecule has 0 bridgehead atoms. The van der Waals surface area contributed by atoms with Gasteiger partial charge in [0, 0.05) is 23.9 Å². The third kappa shape index (κ3) is 3.66. The number of carbonyl (C=O) groups is 2. The summed E-state index contributed by atoms with van der Waals surface area (Å²) in [4.78, 5) is 27.7. The minimum Gasteiger partial charge on any atom is -0.442 e. The molecule has 2 amide bonds. The molecule has 1 saturated heterocycles. The fourth-order valence-corrected chi connectivity index (χ4v) is 2.86. The second-order valence-corrected chi connectivity index (χ2v) is 6.13. The SMILES string of the molecule is CN(CC1CN(c2cccc(C(=N)N)c2)C(=O)O1)C(=O)c1ccccc1. The Hall–Kier alpha value is -3.35. The summed E-state index contributed by atoms with van der Waals surface area (Å²) in [6, 6.07) is 15.8. The molecule has 2 aromatic carbocycles. The zero-order valence-electron chi connectivity index (χ0n) is 14.4. The van der Waals surface area contributed by atoms with E-state index in [-0.39, 0.29) is 11.7 Å². The standard InChI is InChI=1S/C19H20N4O3/c1-22(18(24)13-6-3-2-4-7-13)11-16-12-23(19(25)26-16)15-9-5-8-14(10-15)17(20)21/h2-10,16H,11-12H2,1H3,(H3,20,21). The minimum atomic E-state index is -0.476. The Balaban J connectivity index is 1.67. The van der Waals surface area contributed by atoms with Crippen molar-refractivity contribution in [1.82, 2.24) is 4.90 Å². The van der Waals surface area contributed by atoms with Crippen LogP contribution in [-0.4, -0.2) is 49.0 Å². The number of nitrogen functional groups attached to an aromatic ring is 1. The van der Waals surface area contributed by atoms with Crippen LogP contribution in [0.4, 0.5) is 10.5 Å². The average molecular weight is 352 g/mol. The van der Waals surface area contributed by atoms with Crippen molar-refractivity contribution in [1.29, 1.82) is 5.41 Å². The van der Waals surface area contributed by atoms with Gasteiger partial charge in [0.1, 0.15) is 11.9 Å². The first-order valence-electron chi connectivity index (χ1n) is 8.19. The van der Waals surface area contributed by atoms with Gasteiger partial charge in [-0.3, -0.25) is 15.1 Å². The minimum absolute atomic E-state index is 0.0656.